The van der Waals surface area contributed by atoms with Gasteiger partial charge in [-0.25, -0.2) is 0 Å². The van der Waals surface area contributed by atoms with Crippen LogP contribution in [0.1, 0.15) is 71.9 Å². The van der Waals surface area contributed by atoms with Crippen molar-refractivity contribution < 1.29 is 19.2 Å². The van der Waals surface area contributed by atoms with Gasteiger partial charge in [-0.3, -0.25) is 0 Å². The lowest BCUT2D eigenvalue weighted by atomic mass is 9.33. The number of anilines is 6. The Morgan fingerprint density at radius 2 is 0.589 bits per heavy atom. The summed E-state index contributed by atoms with van der Waals surface area (Å²) in [6, 6.07) is 117. The molecule has 0 saturated heterocycles. The molecule has 22 aromatic rings. The van der Waals surface area contributed by atoms with Crippen molar-refractivity contribution in [1.82, 2.24) is 9.13 Å². The maximum absolute atomic E-state index is 11.0. The normalized spacial score (nSPS) is 14.0. The first-order chi connectivity index (χ1) is 69.1. The Labute approximate surface area is 773 Å². The molecule has 0 amide bonds. The van der Waals surface area contributed by atoms with Gasteiger partial charge >= 0.3 is 0 Å². The molecule has 0 N–H and O–H groups in total. The number of aromatic nitrogens is 2. The van der Waals surface area contributed by atoms with Crippen LogP contribution in [-0.4, -0.2) is 15.8 Å². The molecule has 5 heteroatoms. The van der Waals surface area contributed by atoms with Crippen LogP contribution in [0.25, 0.3) is 177 Å². The predicted molar refractivity (Wildman–Crippen MR) is 550 cm³/mol. The topological polar surface area (TPSA) is 16.3 Å². The van der Waals surface area contributed by atoms with Crippen molar-refractivity contribution in [3.63, 3.8) is 0 Å². The fraction of sp³-hybridized carbons (Fsp3) is 0.0645. The highest BCUT2D eigenvalue weighted by Gasteiger charge is 2.47. The maximum Gasteiger partial charge on any atom is 0.252 e. The summed E-state index contributed by atoms with van der Waals surface area (Å²) >= 11 is 0. The molecule has 0 radical (unpaired) electrons. The van der Waals surface area contributed by atoms with Crippen LogP contribution in [-0.2, 0) is 10.8 Å². The Kier molecular flexibility index (Phi) is 14.9. The second-order valence-electron chi connectivity index (χ2n) is 36.0. The summed E-state index contributed by atoms with van der Waals surface area (Å²) in [7, 11) is 0. The maximum atomic E-state index is 11.0. The predicted octanol–water partition coefficient (Wildman–Crippen LogP) is 31.9. The highest BCUT2D eigenvalue weighted by Crippen LogP contribution is 2.57. The van der Waals surface area contributed by atoms with E-state index < -0.39 is 65.9 Å². The number of para-hydroxylation sites is 2. The standard InChI is InChI=1S/C124H91BN4/c1-123(2,3)94-74-107(85-45-23-12-24-46-85)122(109(75-94)108-69-92-47-25-26-52-98(92)99-53-27-28-54-100(99)108)129-117-79-97(127-113-58-32-30-56-102(113)104-64-60-91(73-115(104)127)89-51-34-49-87(68-89)81-37-15-8-16-38-81)62-66-111(117)125-110-65-61-96(126-112-57-31-29-55-101(112)103-63-59-90(72-114(103)126)88-50-33-48-86(67-88)80-35-13-7-14-36-80)78-116(110)128(118-76-95(124(4,5)6)77-119(129)120(118)125)121-105(83-41-19-10-20-42-83)70-93(82-39-17-9-18-40-82)71-106(121)84-43-21-11-22-44-84/h7-79H,1-6H3/i29D,30D,31D,32D,55D,56D,57D,58D,59D,60D,63D,64D,72D,73D. The van der Waals surface area contributed by atoms with Crippen molar-refractivity contribution in [2.75, 3.05) is 9.80 Å². The van der Waals surface area contributed by atoms with E-state index in [-0.39, 0.29) is 91.0 Å². The highest BCUT2D eigenvalue weighted by atomic mass is 15.2. The van der Waals surface area contributed by atoms with Crippen molar-refractivity contribution in [2.24, 2.45) is 0 Å². The Hall–Kier alpha value is -15.8. The summed E-state index contributed by atoms with van der Waals surface area (Å²) < 4.78 is 146. The largest absolute Gasteiger partial charge is 0.310 e. The van der Waals surface area contributed by atoms with Gasteiger partial charge < -0.3 is 18.9 Å². The summed E-state index contributed by atoms with van der Waals surface area (Å²) in [5.41, 5.74) is 22.2. The average molecular weight is 1660 g/mol. The van der Waals surface area contributed by atoms with Crippen molar-refractivity contribution in [3.05, 3.63) is 454 Å². The lowest BCUT2D eigenvalue weighted by Gasteiger charge is -2.46. The molecule has 610 valence electrons. The molecule has 2 aromatic heterocycles. The van der Waals surface area contributed by atoms with Crippen molar-refractivity contribution in [3.8, 4) is 112 Å². The van der Waals surface area contributed by atoms with Crippen LogP contribution in [0.5, 0.6) is 0 Å². The van der Waals surface area contributed by atoms with Gasteiger partial charge in [0.15, 0.2) is 0 Å². The zero-order valence-corrected chi connectivity index (χ0v) is 71.9. The Morgan fingerprint density at radius 1 is 0.233 bits per heavy atom. The number of fused-ring (bicyclic) bond motifs is 13. The number of hydrogen-bond donors (Lipinski definition) is 0. The van der Waals surface area contributed by atoms with Gasteiger partial charge in [0.05, 0.1) is 52.6 Å². The molecule has 0 atom stereocenters. The lowest BCUT2D eigenvalue weighted by Crippen LogP contribution is -2.61. The third kappa shape index (κ3) is 13.0. The highest BCUT2D eigenvalue weighted by molar-refractivity contribution is 7.00. The van der Waals surface area contributed by atoms with E-state index in [1.54, 1.807) is 9.13 Å². The summed E-state index contributed by atoms with van der Waals surface area (Å²) in [5.74, 6) is 0. The van der Waals surface area contributed by atoms with E-state index in [9.17, 15) is 19.2 Å². The minimum atomic E-state index is -0.801. The van der Waals surface area contributed by atoms with Crippen LogP contribution in [0, 0.1) is 0 Å². The summed E-state index contributed by atoms with van der Waals surface area (Å²) in [6.07, 6.45) is 0. The van der Waals surface area contributed by atoms with E-state index in [0.717, 1.165) is 150 Å². The summed E-state index contributed by atoms with van der Waals surface area (Å²) in [6.45, 7) is 12.6. The van der Waals surface area contributed by atoms with E-state index >= 15 is 0 Å². The van der Waals surface area contributed by atoms with E-state index in [2.05, 4.69) is 264 Å². The zero-order chi connectivity index (χ0) is 98.5. The fourth-order valence-corrected chi connectivity index (χ4v) is 19.9. The van der Waals surface area contributed by atoms with Gasteiger partial charge in [-0.05, 0) is 241 Å². The monoisotopic (exact) mass is 1660 g/mol. The van der Waals surface area contributed by atoms with Gasteiger partial charge in [-0.15, -0.1) is 0 Å². The molecule has 0 bridgehead atoms. The first-order valence-electron chi connectivity index (χ1n) is 51.1. The van der Waals surface area contributed by atoms with Crippen LogP contribution in [0.2, 0.25) is 0 Å². The molecular formula is C124H91BN4. The van der Waals surface area contributed by atoms with Crippen LogP contribution in [0.15, 0.2) is 443 Å². The minimum absolute atomic E-state index is 0.00714. The molecule has 0 spiro atoms. The molecular weight excluding hydrogens is 1560 g/mol. The second kappa shape index (κ2) is 30.5. The molecule has 20 aromatic carbocycles. The number of benzene rings is 20. The van der Waals surface area contributed by atoms with E-state index in [1.165, 1.54) is 0 Å². The van der Waals surface area contributed by atoms with Crippen molar-refractivity contribution in [2.45, 2.75) is 52.4 Å². The number of rotatable bonds is 13. The van der Waals surface area contributed by atoms with Crippen molar-refractivity contribution >= 4 is 122 Å². The van der Waals surface area contributed by atoms with Gasteiger partial charge in [0.1, 0.15) is 0 Å². The molecule has 4 nitrogen and oxygen atoms in total. The Bertz CT molecular complexity index is 9100. The quantitative estimate of drug-likeness (QED) is 0.0845. The third-order valence-corrected chi connectivity index (χ3v) is 26.2. The molecule has 24 rings (SSSR count). The van der Waals surface area contributed by atoms with Crippen LogP contribution in [0.4, 0.5) is 34.1 Å². The van der Waals surface area contributed by atoms with E-state index in [1.807, 2.05) is 146 Å². The number of hydrogen-bond acceptors (Lipinski definition) is 2. The second-order valence-corrected chi connectivity index (χ2v) is 36.0. The lowest BCUT2D eigenvalue weighted by molar-refractivity contribution is 0.590. The van der Waals surface area contributed by atoms with Gasteiger partial charge in [0.2, 0.25) is 0 Å². The van der Waals surface area contributed by atoms with Crippen LogP contribution < -0.4 is 26.2 Å². The molecule has 129 heavy (non-hydrogen) atoms. The minimum Gasteiger partial charge on any atom is -0.310 e. The fourth-order valence-electron chi connectivity index (χ4n) is 19.9. The first-order valence-corrected chi connectivity index (χ1v) is 44.1. The molecule has 2 aliphatic heterocycles. The Morgan fingerprint density at radius 3 is 1.05 bits per heavy atom. The van der Waals surface area contributed by atoms with Crippen molar-refractivity contribution in [1.29, 1.82) is 0 Å². The SMILES string of the molecule is [2H]c1c([2H])c([2H])c2c(c1[2H])c1c([2H])c([2H])c(-c3cccc(-c4ccccc4)c3)c([2H])c1n2-c1ccc2c(c1)N(c1c(-c3ccccc3)cc(-c3ccccc3)cc1-c1ccccc1)c1cc(C(C)(C)C)cc3c1B2c1ccc(-n2c4c([2H])c([2H])c([2H])c([2H])c4c4c([2H])c([2H])c(-c5cccc(-c6ccccc6)c5)c([2H])c42)cc1N3c1c(-c2ccccc2)cc(C(C)(C)C)cc1-c1cc2ccccc2c2ccccc12. The molecule has 0 unspecified atom stereocenters. The van der Waals surface area contributed by atoms with Crippen LogP contribution >= 0.6 is 0 Å². The number of nitrogens with zero attached hydrogens (tertiary/aromatic N) is 4. The summed E-state index contributed by atoms with van der Waals surface area (Å²) in [4.78, 5) is 4.86. The molecule has 0 fully saturated rings. The van der Waals surface area contributed by atoms with Gasteiger partial charge in [-0.2, -0.15) is 0 Å². The zero-order valence-electron chi connectivity index (χ0n) is 85.9. The summed E-state index contributed by atoms with van der Waals surface area (Å²) in [5, 5.41) is 4.14. The van der Waals surface area contributed by atoms with Gasteiger partial charge in [-0.1, -0.05) is 381 Å². The van der Waals surface area contributed by atoms with Crippen LogP contribution in [0.3, 0.4) is 0 Å². The molecule has 0 saturated carbocycles. The smallest absolute Gasteiger partial charge is 0.252 e. The first kappa shape index (κ1) is 63.2. The van der Waals surface area contributed by atoms with Gasteiger partial charge in [0.25, 0.3) is 6.71 Å². The molecule has 2 aliphatic rings. The third-order valence-electron chi connectivity index (χ3n) is 26.2. The Balaban J connectivity index is 0.897. The molecule has 0 aliphatic carbocycles. The van der Waals surface area contributed by atoms with E-state index in [4.69, 9.17) is 0 Å². The van der Waals surface area contributed by atoms with E-state index in [0.29, 0.717) is 33.9 Å². The molecule has 4 heterocycles. The van der Waals surface area contributed by atoms with Gasteiger partial charge in [0, 0.05) is 77.9 Å². The average Bonchev–Trinajstić information content (AvgIpc) is 1.52.